The van der Waals surface area contributed by atoms with E-state index in [1.807, 2.05) is 12.1 Å². The molecule has 4 rings (SSSR count). The lowest BCUT2D eigenvalue weighted by atomic mass is 9.42. The summed E-state index contributed by atoms with van der Waals surface area (Å²) < 4.78 is 13.6. The van der Waals surface area contributed by atoms with Crippen molar-refractivity contribution in [1.82, 2.24) is 0 Å². The predicted octanol–water partition coefficient (Wildman–Crippen LogP) is 7.21. The number of hydrogen-bond acceptors (Lipinski definition) is 3. The van der Waals surface area contributed by atoms with Crippen LogP contribution in [0.3, 0.4) is 0 Å². The molecule has 0 radical (unpaired) electrons. The molecule has 3 aromatic rings. The lowest BCUT2D eigenvalue weighted by Crippen LogP contribution is -2.54. The molecule has 0 aliphatic carbocycles. The van der Waals surface area contributed by atoms with E-state index in [0.717, 1.165) is 28.9 Å². The van der Waals surface area contributed by atoms with Gasteiger partial charge in [0.15, 0.2) is 0 Å². The van der Waals surface area contributed by atoms with Gasteiger partial charge in [0.25, 0.3) is 6.55 Å². The third kappa shape index (κ3) is 3.87. The summed E-state index contributed by atoms with van der Waals surface area (Å²) in [6, 6.07) is 29.7. The average molecular weight is 428 g/mol. The summed E-state index contributed by atoms with van der Waals surface area (Å²) in [5.41, 5.74) is 3.76. The second-order valence-electron chi connectivity index (χ2n) is 10.0. The number of hydrogen-bond donors (Lipinski definition) is 0. The van der Waals surface area contributed by atoms with Crippen molar-refractivity contribution in [1.29, 1.82) is 0 Å². The largest absolute Gasteiger partial charge is 0.558 e. The highest BCUT2D eigenvalue weighted by atomic mass is 16.7. The van der Waals surface area contributed by atoms with Crippen LogP contribution in [0.15, 0.2) is 84.9 Å². The monoisotopic (exact) mass is 428 g/mol. The topological polar surface area (TPSA) is 21.7 Å². The van der Waals surface area contributed by atoms with E-state index in [1.165, 1.54) is 0 Å². The Kier molecular flexibility index (Phi) is 5.95. The molecule has 1 atom stereocenters. The Hall–Kier alpha value is -2.56. The molecule has 0 aromatic heterocycles. The molecule has 0 spiro atoms. The maximum Gasteiger partial charge on any atom is 0.273 e. The Bertz CT molecular complexity index is 977. The zero-order chi connectivity index (χ0) is 23.0. The summed E-state index contributed by atoms with van der Waals surface area (Å²) in [5.74, 6) is 0.279. The molecule has 4 heteroatoms. The molecule has 1 aliphatic heterocycles. The van der Waals surface area contributed by atoms with Crippen LogP contribution >= 0.6 is 0 Å². The van der Waals surface area contributed by atoms with Crippen molar-refractivity contribution in [3.63, 3.8) is 0 Å². The molecule has 3 nitrogen and oxygen atoms in total. The van der Waals surface area contributed by atoms with Gasteiger partial charge in [-0.25, -0.2) is 0 Å². The molecule has 1 heterocycles. The number of benzene rings is 3. The molecule has 1 saturated heterocycles. The summed E-state index contributed by atoms with van der Waals surface area (Å²) in [6.45, 7) is 11.4. The molecule has 1 unspecified atom stereocenters. The van der Waals surface area contributed by atoms with Gasteiger partial charge in [0.2, 0.25) is 0 Å². The Balaban J connectivity index is 1.77. The van der Waals surface area contributed by atoms with E-state index in [0.29, 0.717) is 0 Å². The first-order valence-electron chi connectivity index (χ1n) is 11.8. The van der Waals surface area contributed by atoms with Crippen LogP contribution in [0.1, 0.15) is 48.0 Å². The summed E-state index contributed by atoms with van der Waals surface area (Å²) in [7, 11) is 0. The first kappa shape index (κ1) is 22.6. The lowest BCUT2D eigenvalue weighted by Gasteiger charge is -2.43. The van der Waals surface area contributed by atoms with Crippen LogP contribution in [0.25, 0.3) is 0 Å². The van der Waals surface area contributed by atoms with Crippen LogP contribution in [0, 0.1) is 0 Å². The van der Waals surface area contributed by atoms with Gasteiger partial charge in [0.1, 0.15) is 0 Å². The molecule has 32 heavy (non-hydrogen) atoms. The van der Waals surface area contributed by atoms with Crippen molar-refractivity contribution in [3.8, 4) is 0 Å². The summed E-state index contributed by atoms with van der Waals surface area (Å²) >= 11 is 0. The SMILES string of the molecule is CCC(C)[B-]1(c2ccc(N(c3ccccc3)c3ccccc3)cc2)OC(C)(C)C(C)(C)O1. The highest BCUT2D eigenvalue weighted by molar-refractivity contribution is 6.83. The molecule has 3 aromatic carbocycles. The number of anilines is 3. The van der Waals surface area contributed by atoms with Gasteiger partial charge in [0, 0.05) is 28.3 Å². The van der Waals surface area contributed by atoms with Crippen molar-refractivity contribution < 1.29 is 9.31 Å². The second-order valence-corrected chi connectivity index (χ2v) is 10.0. The molecule has 0 bridgehead atoms. The van der Waals surface area contributed by atoms with Gasteiger partial charge < -0.3 is 14.2 Å². The minimum Gasteiger partial charge on any atom is -0.558 e. The van der Waals surface area contributed by atoms with Crippen molar-refractivity contribution in [2.45, 2.75) is 65.0 Å². The number of para-hydroxylation sites is 2. The third-order valence-corrected chi connectivity index (χ3v) is 7.43. The number of nitrogens with zero attached hydrogens (tertiary/aromatic N) is 1. The fourth-order valence-electron chi connectivity index (χ4n) is 4.68. The van der Waals surface area contributed by atoms with Crippen LogP contribution in [0.2, 0.25) is 5.82 Å². The van der Waals surface area contributed by atoms with Crippen molar-refractivity contribution in [3.05, 3.63) is 84.9 Å². The molecule has 1 fully saturated rings. The van der Waals surface area contributed by atoms with E-state index in [2.05, 4.69) is 119 Å². The molecule has 0 saturated carbocycles. The standard InChI is InChI=1S/C28H35BNO2/c1-7-22(2)29(31-27(3,4)28(5,6)32-29)23-18-20-26(21-19-23)30(24-14-10-8-11-15-24)25-16-12-9-13-17-25/h8-22H,7H2,1-6H3/q-1. The maximum absolute atomic E-state index is 6.79. The molecule has 0 N–H and O–H groups in total. The predicted molar refractivity (Wildman–Crippen MR) is 137 cm³/mol. The fourth-order valence-corrected chi connectivity index (χ4v) is 4.68. The fraction of sp³-hybridized carbons (Fsp3) is 0.357. The van der Waals surface area contributed by atoms with Crippen LogP contribution < -0.4 is 10.4 Å². The highest BCUT2D eigenvalue weighted by Crippen LogP contribution is 2.46. The van der Waals surface area contributed by atoms with Crippen LogP contribution in [-0.2, 0) is 9.31 Å². The second kappa shape index (κ2) is 8.42. The Labute approximate surface area is 193 Å². The van der Waals surface area contributed by atoms with E-state index in [4.69, 9.17) is 9.31 Å². The summed E-state index contributed by atoms with van der Waals surface area (Å²) in [4.78, 5) is 2.27. The zero-order valence-corrected chi connectivity index (χ0v) is 20.2. The summed E-state index contributed by atoms with van der Waals surface area (Å²) in [5, 5.41) is 0. The lowest BCUT2D eigenvalue weighted by molar-refractivity contribution is 0.00578. The van der Waals surface area contributed by atoms with Crippen LogP contribution in [0.5, 0.6) is 0 Å². The average Bonchev–Trinajstić information content (AvgIpc) is 3.00. The first-order valence-corrected chi connectivity index (χ1v) is 11.8. The van der Waals surface area contributed by atoms with Crippen molar-refractivity contribution in [2.75, 3.05) is 4.90 Å². The van der Waals surface area contributed by atoms with Gasteiger partial charge in [-0.1, -0.05) is 68.8 Å². The van der Waals surface area contributed by atoms with E-state index in [9.17, 15) is 0 Å². The first-order chi connectivity index (χ1) is 15.2. The Morgan fingerprint density at radius 3 is 1.50 bits per heavy atom. The van der Waals surface area contributed by atoms with Gasteiger partial charge in [-0.3, -0.25) is 0 Å². The van der Waals surface area contributed by atoms with E-state index < -0.39 is 6.55 Å². The smallest absolute Gasteiger partial charge is 0.273 e. The minimum atomic E-state index is -1.60. The van der Waals surface area contributed by atoms with Crippen LogP contribution in [-0.4, -0.2) is 17.8 Å². The quantitative estimate of drug-likeness (QED) is 0.387. The van der Waals surface area contributed by atoms with Gasteiger partial charge in [0.05, 0.1) is 0 Å². The number of rotatable bonds is 6. The molecular formula is C28H35BNO2-. The van der Waals surface area contributed by atoms with Gasteiger partial charge in [-0.05, 0) is 64.1 Å². The maximum atomic E-state index is 6.79. The van der Waals surface area contributed by atoms with E-state index in [-0.39, 0.29) is 17.0 Å². The Morgan fingerprint density at radius 1 is 0.688 bits per heavy atom. The third-order valence-electron chi connectivity index (χ3n) is 7.43. The van der Waals surface area contributed by atoms with Crippen molar-refractivity contribution in [2.24, 2.45) is 0 Å². The minimum absolute atomic E-state index is 0.279. The zero-order valence-electron chi connectivity index (χ0n) is 20.2. The highest BCUT2D eigenvalue weighted by Gasteiger charge is 2.53. The molecule has 168 valence electrons. The van der Waals surface area contributed by atoms with E-state index >= 15 is 0 Å². The molecule has 0 amide bonds. The van der Waals surface area contributed by atoms with Gasteiger partial charge in [-0.2, -0.15) is 5.46 Å². The molecular weight excluding hydrogens is 393 g/mol. The van der Waals surface area contributed by atoms with Gasteiger partial charge in [-0.15, -0.1) is 5.82 Å². The van der Waals surface area contributed by atoms with Crippen LogP contribution in [0.4, 0.5) is 17.1 Å². The Morgan fingerprint density at radius 2 is 1.09 bits per heavy atom. The van der Waals surface area contributed by atoms with E-state index in [1.54, 1.807) is 0 Å². The summed E-state index contributed by atoms with van der Waals surface area (Å²) in [6.07, 6.45) is 0.994. The molecule has 1 aliphatic rings. The van der Waals surface area contributed by atoms with Gasteiger partial charge >= 0.3 is 0 Å². The normalized spacial score (nSPS) is 19.4. The van der Waals surface area contributed by atoms with Crippen molar-refractivity contribution >= 4 is 29.1 Å².